The van der Waals surface area contributed by atoms with Gasteiger partial charge in [-0.2, -0.15) is 0 Å². The number of nitrogens with zero attached hydrogens (tertiary/aromatic N) is 2. The third-order valence-electron chi connectivity index (χ3n) is 6.37. The van der Waals surface area contributed by atoms with Crippen molar-refractivity contribution in [3.63, 3.8) is 0 Å². The molecule has 0 atom stereocenters. The van der Waals surface area contributed by atoms with E-state index in [1.807, 2.05) is 12.1 Å². The maximum atomic E-state index is 13.7. The first-order chi connectivity index (χ1) is 14.2. The monoisotopic (exact) mass is 456 g/mol. The zero-order valence-electron chi connectivity index (χ0n) is 16.9. The van der Waals surface area contributed by atoms with E-state index in [4.69, 9.17) is 4.74 Å². The summed E-state index contributed by atoms with van der Waals surface area (Å²) in [6, 6.07) is 18.9. The van der Waals surface area contributed by atoms with E-state index in [9.17, 15) is 4.79 Å². The van der Waals surface area contributed by atoms with Gasteiger partial charge in [-0.3, -0.25) is 9.69 Å². The average Bonchev–Trinajstić information content (AvgIpc) is 2.79. The van der Waals surface area contributed by atoms with E-state index in [0.717, 1.165) is 62.0 Å². The van der Waals surface area contributed by atoms with Gasteiger partial charge in [-0.15, -0.1) is 0 Å². The van der Waals surface area contributed by atoms with Gasteiger partial charge in [0.2, 0.25) is 5.91 Å². The van der Waals surface area contributed by atoms with Gasteiger partial charge in [0, 0.05) is 50.4 Å². The number of hydrogen-bond acceptors (Lipinski definition) is 3. The number of amides is 1. The normalized spacial score (nSPS) is 19.8. The van der Waals surface area contributed by atoms with Crippen molar-refractivity contribution in [2.75, 3.05) is 45.9 Å². The molecule has 0 unspecified atom stereocenters. The molecular weight excluding hydrogens is 428 g/mol. The molecule has 0 N–H and O–H groups in total. The summed E-state index contributed by atoms with van der Waals surface area (Å²) in [6.07, 6.45) is 2.60. The second-order valence-corrected chi connectivity index (χ2v) is 8.99. The maximum absolute atomic E-state index is 13.7. The molecule has 4 nitrogen and oxygen atoms in total. The third-order valence-corrected chi connectivity index (χ3v) is 6.90. The molecule has 2 aromatic rings. The molecule has 2 fully saturated rings. The van der Waals surface area contributed by atoms with Gasteiger partial charge in [-0.1, -0.05) is 58.4 Å². The van der Waals surface area contributed by atoms with Gasteiger partial charge < -0.3 is 9.64 Å². The molecule has 5 heteroatoms. The second-order valence-electron chi connectivity index (χ2n) is 8.07. The van der Waals surface area contributed by atoms with Crippen LogP contribution in [0.2, 0.25) is 0 Å². The summed E-state index contributed by atoms with van der Waals surface area (Å²) in [4.78, 5) is 18.3. The van der Waals surface area contributed by atoms with E-state index in [1.54, 1.807) is 0 Å². The van der Waals surface area contributed by atoms with Gasteiger partial charge in [-0.05, 0) is 42.5 Å². The van der Waals surface area contributed by atoms with E-state index in [0.29, 0.717) is 13.2 Å². The van der Waals surface area contributed by atoms with E-state index >= 15 is 0 Å². The molecule has 0 bridgehead atoms. The van der Waals surface area contributed by atoms with Crippen LogP contribution in [0.3, 0.4) is 0 Å². The summed E-state index contributed by atoms with van der Waals surface area (Å²) >= 11 is 3.51. The summed E-state index contributed by atoms with van der Waals surface area (Å²) in [5, 5.41) is 0. The first-order valence-electron chi connectivity index (χ1n) is 10.6. The lowest BCUT2D eigenvalue weighted by atomic mass is 9.73. The molecule has 0 spiro atoms. The Morgan fingerprint density at radius 1 is 0.931 bits per heavy atom. The Kier molecular flexibility index (Phi) is 6.68. The summed E-state index contributed by atoms with van der Waals surface area (Å²) in [7, 11) is 0. The fraction of sp³-hybridized carbons (Fsp3) is 0.458. The van der Waals surface area contributed by atoms with Crippen molar-refractivity contribution in [3.8, 4) is 0 Å². The van der Waals surface area contributed by atoms with E-state index in [-0.39, 0.29) is 5.91 Å². The molecule has 0 aliphatic carbocycles. The van der Waals surface area contributed by atoms with Crippen LogP contribution in [-0.2, 0) is 21.4 Å². The zero-order chi connectivity index (χ0) is 20.1. The molecule has 29 heavy (non-hydrogen) atoms. The minimum absolute atomic E-state index is 0.283. The lowest BCUT2D eigenvalue weighted by Gasteiger charge is -2.43. The van der Waals surface area contributed by atoms with Crippen molar-refractivity contribution in [1.82, 2.24) is 9.80 Å². The van der Waals surface area contributed by atoms with Crippen LogP contribution in [0.1, 0.15) is 24.0 Å². The molecule has 2 aliphatic rings. The number of carbonyl (C=O) groups is 1. The fourth-order valence-electron chi connectivity index (χ4n) is 4.52. The molecule has 0 radical (unpaired) electrons. The predicted molar refractivity (Wildman–Crippen MR) is 119 cm³/mol. The highest BCUT2D eigenvalue weighted by Gasteiger charge is 2.44. The molecule has 2 heterocycles. The lowest BCUT2D eigenvalue weighted by molar-refractivity contribution is -0.143. The number of carbonyl (C=O) groups excluding carboxylic acids is 1. The lowest BCUT2D eigenvalue weighted by Crippen LogP contribution is -2.56. The Morgan fingerprint density at radius 2 is 1.59 bits per heavy atom. The van der Waals surface area contributed by atoms with Crippen molar-refractivity contribution < 1.29 is 9.53 Å². The van der Waals surface area contributed by atoms with E-state index in [2.05, 4.69) is 68.2 Å². The van der Waals surface area contributed by atoms with Crippen molar-refractivity contribution in [2.24, 2.45) is 0 Å². The molecule has 2 aromatic carbocycles. The van der Waals surface area contributed by atoms with Crippen LogP contribution in [0, 0.1) is 0 Å². The van der Waals surface area contributed by atoms with Crippen LogP contribution in [0.15, 0.2) is 59.1 Å². The molecule has 4 rings (SSSR count). The van der Waals surface area contributed by atoms with Crippen LogP contribution in [-0.4, -0.2) is 61.6 Å². The number of benzene rings is 2. The Morgan fingerprint density at radius 3 is 2.24 bits per heavy atom. The second kappa shape index (κ2) is 9.41. The third kappa shape index (κ3) is 4.73. The topological polar surface area (TPSA) is 32.8 Å². The highest BCUT2D eigenvalue weighted by Crippen LogP contribution is 2.37. The summed E-state index contributed by atoms with van der Waals surface area (Å²) in [5.74, 6) is 0.283. The van der Waals surface area contributed by atoms with Crippen molar-refractivity contribution >= 4 is 21.8 Å². The summed E-state index contributed by atoms with van der Waals surface area (Å²) in [6.45, 7) is 5.88. The maximum Gasteiger partial charge on any atom is 0.233 e. The molecule has 154 valence electrons. The van der Waals surface area contributed by atoms with Crippen LogP contribution in [0.5, 0.6) is 0 Å². The molecule has 0 aromatic heterocycles. The van der Waals surface area contributed by atoms with Gasteiger partial charge >= 0.3 is 0 Å². The summed E-state index contributed by atoms with van der Waals surface area (Å²) in [5.41, 5.74) is 2.06. The van der Waals surface area contributed by atoms with Gasteiger partial charge in [-0.25, -0.2) is 0 Å². The van der Waals surface area contributed by atoms with Crippen molar-refractivity contribution in [3.05, 3.63) is 70.2 Å². The Balaban J connectivity index is 1.39. The van der Waals surface area contributed by atoms with Gasteiger partial charge in [0.1, 0.15) is 0 Å². The number of hydrogen-bond donors (Lipinski definition) is 0. The smallest absolute Gasteiger partial charge is 0.233 e. The summed E-state index contributed by atoms with van der Waals surface area (Å²) < 4.78 is 6.65. The first kappa shape index (κ1) is 20.6. The fourth-order valence-corrected chi connectivity index (χ4v) is 4.79. The highest BCUT2D eigenvalue weighted by atomic mass is 79.9. The number of rotatable bonds is 5. The van der Waals surface area contributed by atoms with Crippen molar-refractivity contribution in [1.29, 1.82) is 0 Å². The van der Waals surface area contributed by atoms with Gasteiger partial charge in [0.05, 0.1) is 5.41 Å². The number of piperazine rings is 1. The first-order valence-corrected chi connectivity index (χ1v) is 11.4. The van der Waals surface area contributed by atoms with Crippen LogP contribution in [0.25, 0.3) is 0 Å². The Bertz CT molecular complexity index is 795. The minimum atomic E-state index is -0.439. The molecule has 0 saturated carbocycles. The Labute approximate surface area is 182 Å². The average molecular weight is 457 g/mol. The quantitative estimate of drug-likeness (QED) is 0.683. The zero-order valence-corrected chi connectivity index (χ0v) is 18.4. The van der Waals surface area contributed by atoms with Crippen molar-refractivity contribution in [2.45, 2.75) is 24.7 Å². The van der Waals surface area contributed by atoms with E-state index < -0.39 is 5.41 Å². The minimum Gasteiger partial charge on any atom is -0.381 e. The Hall–Kier alpha value is -1.69. The van der Waals surface area contributed by atoms with E-state index in [1.165, 1.54) is 5.56 Å². The van der Waals surface area contributed by atoms with Crippen LogP contribution >= 0.6 is 15.9 Å². The van der Waals surface area contributed by atoms with Crippen LogP contribution in [0.4, 0.5) is 0 Å². The van der Waals surface area contributed by atoms with Gasteiger partial charge in [0.25, 0.3) is 0 Å². The molecule has 2 aliphatic heterocycles. The molecule has 1 amide bonds. The standard InChI is InChI=1S/C24H29BrN2O2/c25-22-8-6-21(7-9-22)24(11-18-29-19-12-24)23(28)27-16-14-26(15-17-27)13-10-20-4-2-1-3-5-20/h1-9H,10-19H2. The largest absolute Gasteiger partial charge is 0.381 e. The molecule has 2 saturated heterocycles. The van der Waals surface area contributed by atoms with Crippen LogP contribution < -0.4 is 0 Å². The number of halogens is 1. The predicted octanol–water partition coefficient (Wildman–Crippen LogP) is 3.88. The number of ether oxygens (including phenoxy) is 1. The SMILES string of the molecule is O=C(N1CCN(CCc2ccccc2)CC1)C1(c2ccc(Br)cc2)CCOCC1. The highest BCUT2D eigenvalue weighted by molar-refractivity contribution is 9.10. The van der Waals surface area contributed by atoms with Gasteiger partial charge in [0.15, 0.2) is 0 Å². The molecular formula is C24H29BrN2O2.